The Morgan fingerprint density at radius 3 is 2.40 bits per heavy atom. The lowest BCUT2D eigenvalue weighted by molar-refractivity contribution is 1.47. The van der Waals surface area contributed by atoms with Crippen molar-refractivity contribution in [1.82, 2.24) is 0 Å². The highest BCUT2D eigenvalue weighted by Gasteiger charge is 2.05. The van der Waals surface area contributed by atoms with Crippen LogP contribution in [0, 0.1) is 6.92 Å². The molecule has 2 aromatic rings. The summed E-state index contributed by atoms with van der Waals surface area (Å²) in [4.78, 5) is 0. The van der Waals surface area contributed by atoms with Crippen molar-refractivity contribution in [3.8, 4) is 11.1 Å². The Balaban J connectivity index is 2.59. The second kappa shape index (κ2) is 4.26. The Kier molecular flexibility index (Phi) is 2.99. The first kappa shape index (κ1) is 10.5. The van der Waals surface area contributed by atoms with Gasteiger partial charge in [0, 0.05) is 5.56 Å². The normalized spacial score (nSPS) is 10.3. The number of aryl methyl sites for hydroxylation is 1. The van der Waals surface area contributed by atoms with E-state index in [0.717, 1.165) is 11.1 Å². The Hall–Kier alpha value is -0.980. The first-order valence-corrected chi connectivity index (χ1v) is 5.45. The molecule has 0 saturated heterocycles. The van der Waals surface area contributed by atoms with E-state index in [1.54, 1.807) is 6.07 Å². The second-order valence-corrected chi connectivity index (χ2v) is 4.26. The van der Waals surface area contributed by atoms with Crippen molar-refractivity contribution in [2.75, 3.05) is 0 Å². The lowest BCUT2D eigenvalue weighted by Crippen LogP contribution is -1.81. The molecule has 0 atom stereocenters. The lowest BCUT2D eigenvalue weighted by atomic mass is 10.0. The molecule has 2 heteroatoms. The summed E-state index contributed by atoms with van der Waals surface area (Å²) in [6.07, 6.45) is 0. The molecule has 2 rings (SSSR count). The van der Waals surface area contributed by atoms with Crippen molar-refractivity contribution in [2.45, 2.75) is 6.92 Å². The van der Waals surface area contributed by atoms with Crippen LogP contribution in [0.5, 0.6) is 0 Å². The van der Waals surface area contributed by atoms with E-state index in [9.17, 15) is 0 Å². The van der Waals surface area contributed by atoms with Gasteiger partial charge in [-0.25, -0.2) is 0 Å². The summed E-state index contributed by atoms with van der Waals surface area (Å²) in [6, 6.07) is 13.9. The number of hydrogen-bond acceptors (Lipinski definition) is 0. The smallest absolute Gasteiger partial charge is 0.0670 e. The summed E-state index contributed by atoms with van der Waals surface area (Å²) < 4.78 is 0. The van der Waals surface area contributed by atoms with Crippen molar-refractivity contribution in [3.63, 3.8) is 0 Å². The molecule has 2 aromatic carbocycles. The molecule has 0 fully saturated rings. The van der Waals surface area contributed by atoms with Crippen LogP contribution in [0.3, 0.4) is 0 Å². The topological polar surface area (TPSA) is 0 Å². The van der Waals surface area contributed by atoms with Crippen LogP contribution in [-0.4, -0.2) is 0 Å². The van der Waals surface area contributed by atoms with Crippen molar-refractivity contribution in [3.05, 3.63) is 58.1 Å². The van der Waals surface area contributed by atoms with Gasteiger partial charge < -0.3 is 0 Å². The maximum atomic E-state index is 6.15. The zero-order valence-corrected chi connectivity index (χ0v) is 9.81. The fourth-order valence-corrected chi connectivity index (χ4v) is 1.95. The molecule has 0 spiro atoms. The van der Waals surface area contributed by atoms with Crippen molar-refractivity contribution in [1.29, 1.82) is 0 Å². The number of benzene rings is 2. The maximum absolute atomic E-state index is 6.15. The molecule has 0 aliphatic rings. The van der Waals surface area contributed by atoms with Crippen molar-refractivity contribution < 1.29 is 0 Å². The molecule has 0 nitrogen and oxygen atoms in total. The molecular formula is C13H10Cl2. The Morgan fingerprint density at radius 1 is 0.933 bits per heavy atom. The van der Waals surface area contributed by atoms with Crippen LogP contribution in [0.2, 0.25) is 10.0 Å². The highest BCUT2D eigenvalue weighted by Crippen LogP contribution is 2.33. The van der Waals surface area contributed by atoms with Crippen LogP contribution in [0.25, 0.3) is 11.1 Å². The van der Waals surface area contributed by atoms with E-state index in [4.69, 9.17) is 23.2 Å². The van der Waals surface area contributed by atoms with E-state index in [2.05, 4.69) is 19.1 Å². The molecular weight excluding hydrogens is 227 g/mol. The van der Waals surface area contributed by atoms with Gasteiger partial charge in [-0.15, -0.1) is 0 Å². The summed E-state index contributed by atoms with van der Waals surface area (Å²) in [7, 11) is 0. The highest BCUT2D eigenvalue weighted by molar-refractivity contribution is 6.43. The van der Waals surface area contributed by atoms with E-state index >= 15 is 0 Å². The molecule has 76 valence electrons. The van der Waals surface area contributed by atoms with Gasteiger partial charge in [-0.3, -0.25) is 0 Å². The second-order valence-electron chi connectivity index (χ2n) is 3.47. The molecule has 0 aromatic heterocycles. The molecule has 0 bridgehead atoms. The third-order valence-electron chi connectivity index (χ3n) is 2.28. The monoisotopic (exact) mass is 236 g/mol. The summed E-state index contributed by atoms with van der Waals surface area (Å²) in [5.41, 5.74) is 3.29. The van der Waals surface area contributed by atoms with E-state index in [-0.39, 0.29) is 0 Å². The van der Waals surface area contributed by atoms with Crippen molar-refractivity contribution >= 4 is 23.2 Å². The zero-order chi connectivity index (χ0) is 10.8. The summed E-state index contributed by atoms with van der Waals surface area (Å²) in [6.45, 7) is 2.06. The van der Waals surface area contributed by atoms with Gasteiger partial charge in [-0.2, -0.15) is 0 Å². The minimum atomic E-state index is 0.593. The molecule has 0 amide bonds. The van der Waals surface area contributed by atoms with E-state index in [0.29, 0.717) is 10.0 Å². The van der Waals surface area contributed by atoms with Gasteiger partial charge in [-0.1, -0.05) is 65.2 Å². The lowest BCUT2D eigenvalue weighted by Gasteiger charge is -2.06. The SMILES string of the molecule is Cc1cccc(-c2cccc(Cl)c2Cl)c1. The molecule has 0 radical (unpaired) electrons. The van der Waals surface area contributed by atoms with Gasteiger partial charge >= 0.3 is 0 Å². The Bertz CT molecular complexity index is 490. The predicted molar refractivity (Wildman–Crippen MR) is 66.6 cm³/mol. The van der Waals surface area contributed by atoms with Crippen LogP contribution in [0.15, 0.2) is 42.5 Å². The molecule has 15 heavy (non-hydrogen) atoms. The van der Waals surface area contributed by atoms with Crippen LogP contribution in [0.1, 0.15) is 5.56 Å². The van der Waals surface area contributed by atoms with Gasteiger partial charge in [0.1, 0.15) is 0 Å². The fraction of sp³-hybridized carbons (Fsp3) is 0.0769. The van der Waals surface area contributed by atoms with Crippen LogP contribution in [-0.2, 0) is 0 Å². The molecule has 0 heterocycles. The fourth-order valence-electron chi connectivity index (χ4n) is 1.54. The summed E-state index contributed by atoms with van der Waals surface area (Å²) in [5.74, 6) is 0. The average molecular weight is 237 g/mol. The Labute approximate surface area is 99.5 Å². The predicted octanol–water partition coefficient (Wildman–Crippen LogP) is 4.97. The van der Waals surface area contributed by atoms with E-state index in [1.807, 2.05) is 24.3 Å². The Morgan fingerprint density at radius 2 is 1.67 bits per heavy atom. The third-order valence-corrected chi connectivity index (χ3v) is 3.10. The molecule has 0 unspecified atom stereocenters. The first-order chi connectivity index (χ1) is 7.18. The maximum Gasteiger partial charge on any atom is 0.0670 e. The molecule has 0 N–H and O–H groups in total. The summed E-state index contributed by atoms with van der Waals surface area (Å²) in [5, 5.41) is 1.21. The van der Waals surface area contributed by atoms with Gasteiger partial charge in [-0.05, 0) is 18.6 Å². The van der Waals surface area contributed by atoms with E-state index in [1.165, 1.54) is 5.56 Å². The van der Waals surface area contributed by atoms with Crippen LogP contribution >= 0.6 is 23.2 Å². The molecule has 0 aliphatic carbocycles. The standard InChI is InChI=1S/C13H10Cl2/c1-9-4-2-5-10(8-9)11-6-3-7-12(14)13(11)15/h2-8H,1H3. The number of halogens is 2. The van der Waals surface area contributed by atoms with Crippen molar-refractivity contribution in [2.24, 2.45) is 0 Å². The minimum absolute atomic E-state index is 0.593. The average Bonchev–Trinajstić information content (AvgIpc) is 2.22. The summed E-state index contributed by atoms with van der Waals surface area (Å²) >= 11 is 12.1. The van der Waals surface area contributed by atoms with Gasteiger partial charge in [0.15, 0.2) is 0 Å². The molecule has 0 aliphatic heterocycles. The molecule has 0 saturated carbocycles. The highest BCUT2D eigenvalue weighted by atomic mass is 35.5. The van der Waals surface area contributed by atoms with Gasteiger partial charge in [0.2, 0.25) is 0 Å². The minimum Gasteiger partial charge on any atom is -0.0827 e. The number of hydrogen-bond donors (Lipinski definition) is 0. The third kappa shape index (κ3) is 2.17. The van der Waals surface area contributed by atoms with E-state index < -0.39 is 0 Å². The van der Waals surface area contributed by atoms with Gasteiger partial charge in [0.05, 0.1) is 10.0 Å². The van der Waals surface area contributed by atoms with Crippen LogP contribution in [0.4, 0.5) is 0 Å². The number of rotatable bonds is 1. The first-order valence-electron chi connectivity index (χ1n) is 4.69. The zero-order valence-electron chi connectivity index (χ0n) is 8.30. The quantitative estimate of drug-likeness (QED) is 0.656. The van der Waals surface area contributed by atoms with Gasteiger partial charge in [0.25, 0.3) is 0 Å². The largest absolute Gasteiger partial charge is 0.0827 e. The van der Waals surface area contributed by atoms with Crippen LogP contribution < -0.4 is 0 Å².